The fraction of sp³-hybridized carbons (Fsp3) is 1.00. The minimum Gasteiger partial charge on any atom is -0.329 e. The zero-order valence-electron chi connectivity index (χ0n) is 12.7. The highest BCUT2D eigenvalue weighted by molar-refractivity contribution is 5.06. The molecule has 2 atom stereocenters. The van der Waals surface area contributed by atoms with Gasteiger partial charge >= 0.3 is 0 Å². The summed E-state index contributed by atoms with van der Waals surface area (Å²) in [5.41, 5.74) is 6.86. The lowest BCUT2D eigenvalue weighted by molar-refractivity contribution is -0.0733. The fourth-order valence-electron chi connectivity index (χ4n) is 4.09. The third kappa shape index (κ3) is 2.21. The Morgan fingerprint density at radius 3 is 2.39 bits per heavy atom. The fourth-order valence-corrected chi connectivity index (χ4v) is 4.09. The summed E-state index contributed by atoms with van der Waals surface area (Å²) in [5, 5.41) is 0. The highest BCUT2D eigenvalue weighted by Gasteiger charge is 2.50. The Bertz CT molecular complexity index is 289. The smallest absolute Gasteiger partial charge is 0.0383 e. The zero-order chi connectivity index (χ0) is 13.4. The molecule has 106 valence electrons. The van der Waals surface area contributed by atoms with E-state index in [4.69, 9.17) is 5.73 Å². The lowest BCUT2D eigenvalue weighted by Gasteiger charge is -2.58. The minimum absolute atomic E-state index is 0.237. The maximum Gasteiger partial charge on any atom is 0.0383 e. The van der Waals surface area contributed by atoms with E-state index in [0.29, 0.717) is 11.5 Å². The second-order valence-corrected chi connectivity index (χ2v) is 7.10. The topological polar surface area (TPSA) is 32.5 Å². The van der Waals surface area contributed by atoms with Crippen molar-refractivity contribution in [2.75, 3.05) is 33.2 Å². The van der Waals surface area contributed by atoms with Gasteiger partial charge in [-0.25, -0.2) is 0 Å². The van der Waals surface area contributed by atoms with Crippen LogP contribution in [0.1, 0.15) is 46.5 Å². The molecule has 1 saturated carbocycles. The van der Waals surface area contributed by atoms with Gasteiger partial charge in [0, 0.05) is 37.8 Å². The second kappa shape index (κ2) is 5.10. The van der Waals surface area contributed by atoms with E-state index in [9.17, 15) is 0 Å². The predicted molar refractivity (Wildman–Crippen MR) is 77.7 cm³/mol. The molecule has 2 N–H and O–H groups in total. The standard InChI is InChI=1S/C15H31N3/c1-13-11-18(10-9-17(13)4)15(12-16)8-6-5-7-14(15,2)3/h13H,5-12,16H2,1-4H3. The Morgan fingerprint density at radius 2 is 1.83 bits per heavy atom. The van der Waals surface area contributed by atoms with Gasteiger partial charge in [0.1, 0.15) is 0 Å². The van der Waals surface area contributed by atoms with Gasteiger partial charge in [-0.2, -0.15) is 0 Å². The summed E-state index contributed by atoms with van der Waals surface area (Å²) in [4.78, 5) is 5.19. The summed E-state index contributed by atoms with van der Waals surface area (Å²) >= 11 is 0. The summed E-state index contributed by atoms with van der Waals surface area (Å²) in [6, 6.07) is 0.653. The molecule has 18 heavy (non-hydrogen) atoms. The van der Waals surface area contributed by atoms with E-state index in [1.165, 1.54) is 45.3 Å². The molecule has 1 saturated heterocycles. The Balaban J connectivity index is 2.21. The molecule has 0 aromatic heterocycles. The van der Waals surface area contributed by atoms with Crippen LogP contribution in [0.4, 0.5) is 0 Å². The van der Waals surface area contributed by atoms with Crippen LogP contribution in [-0.4, -0.2) is 54.6 Å². The van der Waals surface area contributed by atoms with Crippen LogP contribution in [0.15, 0.2) is 0 Å². The third-order valence-electron chi connectivity index (χ3n) is 5.80. The predicted octanol–water partition coefficient (Wildman–Crippen LogP) is 1.92. The molecule has 2 fully saturated rings. The van der Waals surface area contributed by atoms with Crippen LogP contribution in [0.5, 0.6) is 0 Å². The largest absolute Gasteiger partial charge is 0.329 e. The molecule has 3 heteroatoms. The second-order valence-electron chi connectivity index (χ2n) is 7.10. The van der Waals surface area contributed by atoms with Crippen LogP contribution >= 0.6 is 0 Å². The van der Waals surface area contributed by atoms with Crippen LogP contribution in [-0.2, 0) is 0 Å². The average Bonchev–Trinajstić information content (AvgIpc) is 2.33. The van der Waals surface area contributed by atoms with Crippen LogP contribution < -0.4 is 5.73 Å². The van der Waals surface area contributed by atoms with E-state index in [1.807, 2.05) is 0 Å². The number of nitrogens with two attached hydrogens (primary N) is 1. The van der Waals surface area contributed by atoms with Crippen molar-refractivity contribution < 1.29 is 0 Å². The van der Waals surface area contributed by atoms with Crippen molar-refractivity contribution in [1.29, 1.82) is 0 Å². The van der Waals surface area contributed by atoms with Crippen molar-refractivity contribution in [1.82, 2.24) is 9.80 Å². The van der Waals surface area contributed by atoms with Crippen molar-refractivity contribution in [3.8, 4) is 0 Å². The van der Waals surface area contributed by atoms with Crippen molar-refractivity contribution in [3.63, 3.8) is 0 Å². The lowest BCUT2D eigenvalue weighted by Crippen LogP contribution is -2.68. The van der Waals surface area contributed by atoms with Gasteiger partial charge in [0.2, 0.25) is 0 Å². The normalized spacial score (nSPS) is 38.8. The summed E-state index contributed by atoms with van der Waals surface area (Å²) in [6.45, 7) is 11.6. The van der Waals surface area contributed by atoms with Crippen molar-refractivity contribution in [2.45, 2.75) is 58.0 Å². The van der Waals surface area contributed by atoms with Crippen molar-refractivity contribution in [2.24, 2.45) is 11.1 Å². The van der Waals surface area contributed by atoms with Crippen LogP contribution in [0.2, 0.25) is 0 Å². The molecule has 2 unspecified atom stereocenters. The first kappa shape index (κ1) is 14.3. The summed E-state index contributed by atoms with van der Waals surface area (Å²) < 4.78 is 0. The molecule has 0 aromatic rings. The van der Waals surface area contributed by atoms with Gasteiger partial charge in [0.25, 0.3) is 0 Å². The number of hydrogen-bond donors (Lipinski definition) is 1. The van der Waals surface area contributed by atoms with Crippen LogP contribution in [0.25, 0.3) is 0 Å². The maximum absolute atomic E-state index is 6.27. The Morgan fingerprint density at radius 1 is 1.17 bits per heavy atom. The Labute approximate surface area is 113 Å². The van der Waals surface area contributed by atoms with E-state index in [-0.39, 0.29) is 5.54 Å². The van der Waals surface area contributed by atoms with Gasteiger partial charge in [0.05, 0.1) is 0 Å². The van der Waals surface area contributed by atoms with Crippen molar-refractivity contribution >= 4 is 0 Å². The molecule has 2 rings (SSSR count). The van der Waals surface area contributed by atoms with E-state index >= 15 is 0 Å². The molecule has 0 spiro atoms. The van der Waals surface area contributed by atoms with Gasteiger partial charge in [-0.3, -0.25) is 4.90 Å². The molecule has 2 aliphatic rings. The molecular formula is C15H31N3. The quantitative estimate of drug-likeness (QED) is 0.816. The van der Waals surface area contributed by atoms with Gasteiger partial charge in [-0.05, 0) is 32.2 Å². The number of nitrogens with zero attached hydrogens (tertiary/aromatic N) is 2. The zero-order valence-corrected chi connectivity index (χ0v) is 12.7. The first-order chi connectivity index (χ1) is 8.43. The SMILES string of the molecule is CC1CN(C2(CN)CCCCC2(C)C)CCN1C. The average molecular weight is 253 g/mol. The molecular weight excluding hydrogens is 222 g/mol. The Hall–Kier alpha value is -0.120. The van der Waals surface area contributed by atoms with Crippen molar-refractivity contribution in [3.05, 3.63) is 0 Å². The first-order valence-electron chi connectivity index (χ1n) is 7.58. The summed E-state index contributed by atoms with van der Waals surface area (Å²) in [5.74, 6) is 0. The monoisotopic (exact) mass is 253 g/mol. The number of piperazine rings is 1. The van der Waals surface area contributed by atoms with Gasteiger partial charge < -0.3 is 10.6 Å². The lowest BCUT2D eigenvalue weighted by atomic mass is 9.62. The van der Waals surface area contributed by atoms with Crippen LogP contribution in [0.3, 0.4) is 0 Å². The highest BCUT2D eigenvalue weighted by Crippen LogP contribution is 2.47. The minimum atomic E-state index is 0.237. The summed E-state index contributed by atoms with van der Waals surface area (Å²) in [6.07, 6.45) is 5.33. The van der Waals surface area contributed by atoms with E-state index in [0.717, 1.165) is 6.54 Å². The maximum atomic E-state index is 6.27. The molecule has 3 nitrogen and oxygen atoms in total. The first-order valence-corrected chi connectivity index (χ1v) is 7.58. The molecule has 0 amide bonds. The molecule has 1 aliphatic carbocycles. The molecule has 1 aliphatic heterocycles. The van der Waals surface area contributed by atoms with Gasteiger partial charge in [0.15, 0.2) is 0 Å². The van der Waals surface area contributed by atoms with Crippen LogP contribution in [0, 0.1) is 5.41 Å². The van der Waals surface area contributed by atoms with E-state index < -0.39 is 0 Å². The molecule has 0 aromatic carbocycles. The van der Waals surface area contributed by atoms with Gasteiger partial charge in [-0.1, -0.05) is 26.7 Å². The van der Waals surface area contributed by atoms with E-state index in [1.54, 1.807) is 0 Å². The highest BCUT2D eigenvalue weighted by atomic mass is 15.3. The van der Waals surface area contributed by atoms with E-state index in [2.05, 4.69) is 37.6 Å². The molecule has 0 bridgehead atoms. The molecule has 0 radical (unpaired) electrons. The summed E-state index contributed by atoms with van der Waals surface area (Å²) in [7, 11) is 2.24. The third-order valence-corrected chi connectivity index (χ3v) is 5.80. The number of hydrogen-bond acceptors (Lipinski definition) is 3. The number of likely N-dealkylation sites (N-methyl/N-ethyl adjacent to an activating group) is 1. The molecule has 1 heterocycles. The number of rotatable bonds is 2. The Kier molecular flexibility index (Phi) is 4.05. The van der Waals surface area contributed by atoms with Gasteiger partial charge in [-0.15, -0.1) is 0 Å².